The maximum Gasteiger partial charge on any atom is 0.416 e. The van der Waals surface area contributed by atoms with Crippen molar-refractivity contribution in [3.8, 4) is 11.5 Å². The Morgan fingerprint density at radius 2 is 2.05 bits per heavy atom. The second kappa shape index (κ2) is 5.28. The smallest absolute Gasteiger partial charge is 0.416 e. The fourth-order valence-electron chi connectivity index (χ4n) is 1.55. The van der Waals surface area contributed by atoms with Gasteiger partial charge in [-0.1, -0.05) is 15.9 Å². The molecule has 2 rings (SSSR count). The van der Waals surface area contributed by atoms with Crippen LogP contribution in [0.2, 0.25) is 0 Å². The molecule has 2 aromatic rings. The molecular weight excluding hydrogens is 343 g/mol. The van der Waals surface area contributed by atoms with Gasteiger partial charge in [-0.3, -0.25) is 4.79 Å². The Balaban J connectivity index is 2.40. The SMILES string of the molecule is O=C(O)Cc1coc(-c2cc(Br)cc(C(F)(F)F)c2)n1. The zero-order valence-electron chi connectivity index (χ0n) is 9.74. The summed E-state index contributed by atoms with van der Waals surface area (Å²) >= 11 is 2.99. The standard InChI is InChI=1S/C12H7BrF3NO3/c13-8-2-6(1-7(3-8)12(14,15)16)11-17-9(5-20-11)4-10(18)19/h1-3,5H,4H2,(H,18,19). The summed E-state index contributed by atoms with van der Waals surface area (Å²) in [6, 6.07) is 3.23. The Morgan fingerprint density at radius 1 is 1.35 bits per heavy atom. The third-order valence-corrected chi connectivity index (χ3v) is 2.81. The van der Waals surface area contributed by atoms with E-state index in [2.05, 4.69) is 20.9 Å². The Hall–Kier alpha value is -1.83. The van der Waals surface area contributed by atoms with Gasteiger partial charge in [-0.2, -0.15) is 13.2 Å². The first-order chi connectivity index (χ1) is 9.25. The van der Waals surface area contributed by atoms with Crippen LogP contribution in [-0.4, -0.2) is 16.1 Å². The monoisotopic (exact) mass is 349 g/mol. The number of aliphatic carboxylic acids is 1. The number of alkyl halides is 3. The third-order valence-electron chi connectivity index (χ3n) is 2.36. The van der Waals surface area contributed by atoms with Crippen molar-refractivity contribution in [1.82, 2.24) is 4.98 Å². The highest BCUT2D eigenvalue weighted by Crippen LogP contribution is 2.34. The van der Waals surface area contributed by atoms with Crippen LogP contribution in [0.1, 0.15) is 11.3 Å². The summed E-state index contributed by atoms with van der Waals surface area (Å²) in [5.74, 6) is -1.16. The molecule has 0 aliphatic rings. The van der Waals surface area contributed by atoms with Crippen molar-refractivity contribution < 1.29 is 27.5 Å². The zero-order valence-corrected chi connectivity index (χ0v) is 11.3. The molecule has 0 amide bonds. The van der Waals surface area contributed by atoms with Gasteiger partial charge in [0.15, 0.2) is 0 Å². The Labute approximate surface area is 119 Å². The number of carboxylic acids is 1. The van der Waals surface area contributed by atoms with Gasteiger partial charge in [0.2, 0.25) is 5.89 Å². The van der Waals surface area contributed by atoms with Crippen molar-refractivity contribution >= 4 is 21.9 Å². The van der Waals surface area contributed by atoms with E-state index < -0.39 is 17.7 Å². The Kier molecular flexibility index (Phi) is 3.85. The van der Waals surface area contributed by atoms with Gasteiger partial charge < -0.3 is 9.52 Å². The molecule has 1 N–H and O–H groups in total. The average Bonchev–Trinajstić information content (AvgIpc) is 2.74. The summed E-state index contributed by atoms with van der Waals surface area (Å²) in [5.41, 5.74) is -0.593. The summed E-state index contributed by atoms with van der Waals surface area (Å²) in [5, 5.41) is 8.60. The van der Waals surface area contributed by atoms with Gasteiger partial charge >= 0.3 is 12.1 Å². The van der Waals surface area contributed by atoms with E-state index in [1.807, 2.05) is 0 Å². The van der Waals surface area contributed by atoms with Crippen LogP contribution in [-0.2, 0) is 17.4 Å². The van der Waals surface area contributed by atoms with Gasteiger partial charge in [0.25, 0.3) is 0 Å². The number of aromatic nitrogens is 1. The molecule has 1 heterocycles. The summed E-state index contributed by atoms with van der Waals surface area (Å²) < 4.78 is 43.3. The van der Waals surface area contributed by atoms with E-state index in [0.29, 0.717) is 0 Å². The summed E-state index contributed by atoms with van der Waals surface area (Å²) in [7, 11) is 0. The number of oxazole rings is 1. The molecule has 1 aromatic carbocycles. The number of hydrogen-bond acceptors (Lipinski definition) is 3. The molecule has 0 aliphatic carbocycles. The molecule has 0 spiro atoms. The largest absolute Gasteiger partial charge is 0.481 e. The quantitative estimate of drug-likeness (QED) is 0.916. The topological polar surface area (TPSA) is 63.3 Å². The molecule has 8 heteroatoms. The highest BCUT2D eigenvalue weighted by molar-refractivity contribution is 9.10. The minimum absolute atomic E-state index is 0.0620. The highest BCUT2D eigenvalue weighted by atomic mass is 79.9. The number of carboxylic acid groups (broad SMARTS) is 1. The van der Waals surface area contributed by atoms with Gasteiger partial charge in [-0.25, -0.2) is 4.98 Å². The van der Waals surface area contributed by atoms with E-state index >= 15 is 0 Å². The van der Waals surface area contributed by atoms with Crippen LogP contribution in [0.4, 0.5) is 13.2 Å². The van der Waals surface area contributed by atoms with Crippen molar-refractivity contribution in [2.75, 3.05) is 0 Å². The van der Waals surface area contributed by atoms with Gasteiger partial charge in [-0.15, -0.1) is 0 Å². The van der Waals surface area contributed by atoms with Crippen molar-refractivity contribution in [2.45, 2.75) is 12.6 Å². The molecule has 0 radical (unpaired) electrons. The third kappa shape index (κ3) is 3.38. The second-order valence-electron chi connectivity index (χ2n) is 3.94. The Bertz CT molecular complexity index is 652. The number of halogens is 4. The van der Waals surface area contributed by atoms with E-state index in [4.69, 9.17) is 9.52 Å². The number of rotatable bonds is 3. The average molecular weight is 350 g/mol. The molecule has 0 saturated carbocycles. The molecular formula is C12H7BrF3NO3. The molecule has 4 nitrogen and oxygen atoms in total. The lowest BCUT2D eigenvalue weighted by atomic mass is 10.1. The first kappa shape index (κ1) is 14.6. The first-order valence-corrected chi connectivity index (χ1v) is 6.09. The maximum atomic E-state index is 12.7. The van der Waals surface area contributed by atoms with E-state index in [-0.39, 0.29) is 28.0 Å². The summed E-state index contributed by atoms with van der Waals surface area (Å²) in [6.07, 6.45) is -3.74. The summed E-state index contributed by atoms with van der Waals surface area (Å²) in [6.45, 7) is 0. The number of hydrogen-bond donors (Lipinski definition) is 1. The van der Waals surface area contributed by atoms with Crippen LogP contribution < -0.4 is 0 Å². The lowest BCUT2D eigenvalue weighted by molar-refractivity contribution is -0.138. The predicted molar refractivity (Wildman–Crippen MR) is 66.0 cm³/mol. The molecule has 106 valence electrons. The predicted octanol–water partition coefficient (Wildman–Crippen LogP) is 3.75. The van der Waals surface area contributed by atoms with Crippen molar-refractivity contribution in [3.05, 3.63) is 40.2 Å². The van der Waals surface area contributed by atoms with Crippen LogP contribution in [0.15, 0.2) is 33.4 Å². The number of benzene rings is 1. The van der Waals surface area contributed by atoms with Crippen molar-refractivity contribution in [3.63, 3.8) is 0 Å². The van der Waals surface area contributed by atoms with Crippen LogP contribution in [0.25, 0.3) is 11.5 Å². The maximum absolute atomic E-state index is 12.7. The molecule has 0 atom stereocenters. The highest BCUT2D eigenvalue weighted by Gasteiger charge is 2.31. The zero-order chi connectivity index (χ0) is 14.9. The van der Waals surface area contributed by atoms with Crippen molar-refractivity contribution in [2.24, 2.45) is 0 Å². The molecule has 20 heavy (non-hydrogen) atoms. The van der Waals surface area contributed by atoms with Crippen LogP contribution >= 0.6 is 15.9 Å². The lowest BCUT2D eigenvalue weighted by Crippen LogP contribution is -2.05. The minimum Gasteiger partial charge on any atom is -0.481 e. The molecule has 0 aliphatic heterocycles. The van der Waals surface area contributed by atoms with Gasteiger partial charge in [0.1, 0.15) is 6.26 Å². The number of nitrogens with zero attached hydrogens (tertiary/aromatic N) is 1. The van der Waals surface area contributed by atoms with E-state index in [9.17, 15) is 18.0 Å². The Morgan fingerprint density at radius 3 is 2.65 bits per heavy atom. The van der Waals surface area contributed by atoms with Crippen LogP contribution in [0.5, 0.6) is 0 Å². The van der Waals surface area contributed by atoms with Gasteiger partial charge in [0.05, 0.1) is 17.7 Å². The second-order valence-corrected chi connectivity index (χ2v) is 4.86. The van der Waals surface area contributed by atoms with Gasteiger partial charge in [-0.05, 0) is 18.2 Å². The van der Waals surface area contributed by atoms with E-state index in [1.54, 1.807) is 0 Å². The number of carbonyl (C=O) groups is 1. The normalized spacial score (nSPS) is 11.6. The lowest BCUT2D eigenvalue weighted by Gasteiger charge is -2.08. The van der Waals surface area contributed by atoms with Crippen LogP contribution in [0.3, 0.4) is 0 Å². The van der Waals surface area contributed by atoms with Gasteiger partial charge in [0, 0.05) is 10.0 Å². The van der Waals surface area contributed by atoms with E-state index in [1.165, 1.54) is 6.07 Å². The molecule has 0 bridgehead atoms. The minimum atomic E-state index is -4.49. The van der Waals surface area contributed by atoms with Crippen molar-refractivity contribution in [1.29, 1.82) is 0 Å². The fraction of sp³-hybridized carbons (Fsp3) is 0.167. The molecule has 1 aromatic heterocycles. The fourth-order valence-corrected chi connectivity index (χ4v) is 2.05. The molecule has 0 fully saturated rings. The molecule has 0 saturated heterocycles. The van der Waals surface area contributed by atoms with E-state index in [0.717, 1.165) is 18.4 Å². The van der Waals surface area contributed by atoms with Crippen LogP contribution in [0, 0.1) is 0 Å². The summed E-state index contributed by atoms with van der Waals surface area (Å²) in [4.78, 5) is 14.4. The molecule has 0 unspecified atom stereocenters. The first-order valence-electron chi connectivity index (χ1n) is 5.30.